The minimum atomic E-state index is -0.292. The SMILES string of the molecule is CC(NC(=O)Cn1cncn1)c1ccc(F)cc1. The van der Waals surface area contributed by atoms with Crippen molar-refractivity contribution in [2.75, 3.05) is 0 Å². The highest BCUT2D eigenvalue weighted by molar-refractivity contribution is 5.76. The first-order valence-corrected chi connectivity index (χ1v) is 5.52. The number of hydrogen-bond acceptors (Lipinski definition) is 3. The summed E-state index contributed by atoms with van der Waals surface area (Å²) in [5.41, 5.74) is 0.850. The summed E-state index contributed by atoms with van der Waals surface area (Å²) >= 11 is 0. The molecule has 0 aliphatic rings. The maximum absolute atomic E-state index is 12.8. The highest BCUT2D eigenvalue weighted by Crippen LogP contribution is 2.12. The summed E-state index contributed by atoms with van der Waals surface area (Å²) in [5.74, 6) is -0.461. The van der Waals surface area contributed by atoms with Crippen LogP contribution in [0.5, 0.6) is 0 Å². The van der Waals surface area contributed by atoms with Gasteiger partial charge < -0.3 is 5.32 Å². The average Bonchev–Trinajstić information content (AvgIpc) is 2.82. The fourth-order valence-corrected chi connectivity index (χ4v) is 1.58. The maximum atomic E-state index is 12.8. The first kappa shape index (κ1) is 12.2. The molecule has 94 valence electrons. The second-order valence-corrected chi connectivity index (χ2v) is 3.93. The lowest BCUT2D eigenvalue weighted by molar-refractivity contribution is -0.122. The number of nitrogens with zero attached hydrogens (tertiary/aromatic N) is 3. The average molecular weight is 248 g/mol. The number of carbonyl (C=O) groups excluding carboxylic acids is 1. The van der Waals surface area contributed by atoms with E-state index in [4.69, 9.17) is 0 Å². The molecule has 1 N–H and O–H groups in total. The Bertz CT molecular complexity index is 509. The Labute approximate surface area is 104 Å². The van der Waals surface area contributed by atoms with E-state index >= 15 is 0 Å². The fraction of sp³-hybridized carbons (Fsp3) is 0.250. The molecule has 0 aliphatic carbocycles. The number of hydrogen-bond donors (Lipinski definition) is 1. The Morgan fingerprint density at radius 2 is 2.17 bits per heavy atom. The number of amides is 1. The van der Waals surface area contributed by atoms with Crippen molar-refractivity contribution in [3.05, 3.63) is 48.3 Å². The summed E-state index contributed by atoms with van der Waals surface area (Å²) in [6, 6.07) is 5.86. The van der Waals surface area contributed by atoms with Crippen LogP contribution in [-0.4, -0.2) is 20.7 Å². The second kappa shape index (κ2) is 5.39. The van der Waals surface area contributed by atoms with E-state index < -0.39 is 0 Å². The van der Waals surface area contributed by atoms with Crippen LogP contribution < -0.4 is 5.32 Å². The molecular weight excluding hydrogens is 235 g/mol. The molecule has 1 aromatic carbocycles. The van der Waals surface area contributed by atoms with Crippen LogP contribution in [0.2, 0.25) is 0 Å². The molecule has 0 spiro atoms. The number of nitrogens with one attached hydrogen (secondary N) is 1. The van der Waals surface area contributed by atoms with Crippen molar-refractivity contribution in [1.29, 1.82) is 0 Å². The van der Waals surface area contributed by atoms with Crippen LogP contribution in [0.3, 0.4) is 0 Å². The second-order valence-electron chi connectivity index (χ2n) is 3.93. The molecule has 1 unspecified atom stereocenters. The van der Waals surface area contributed by atoms with Gasteiger partial charge in [-0.3, -0.25) is 4.79 Å². The third-order valence-electron chi connectivity index (χ3n) is 2.52. The zero-order valence-corrected chi connectivity index (χ0v) is 9.88. The highest BCUT2D eigenvalue weighted by Gasteiger charge is 2.10. The monoisotopic (exact) mass is 248 g/mol. The lowest BCUT2D eigenvalue weighted by Crippen LogP contribution is -2.30. The zero-order valence-electron chi connectivity index (χ0n) is 9.88. The van der Waals surface area contributed by atoms with Crippen LogP contribution in [0.25, 0.3) is 0 Å². The third kappa shape index (κ3) is 3.13. The van der Waals surface area contributed by atoms with Gasteiger partial charge in [-0.2, -0.15) is 5.10 Å². The molecule has 6 heteroatoms. The number of carbonyl (C=O) groups is 1. The summed E-state index contributed by atoms with van der Waals surface area (Å²) in [7, 11) is 0. The van der Waals surface area contributed by atoms with E-state index in [0.29, 0.717) is 0 Å². The summed E-state index contributed by atoms with van der Waals surface area (Å²) in [5, 5.41) is 6.65. The van der Waals surface area contributed by atoms with E-state index in [0.717, 1.165) is 5.56 Å². The Morgan fingerprint density at radius 3 is 2.78 bits per heavy atom. The van der Waals surface area contributed by atoms with Crippen LogP contribution >= 0.6 is 0 Å². The third-order valence-corrected chi connectivity index (χ3v) is 2.52. The van der Waals surface area contributed by atoms with Crippen LogP contribution in [0.15, 0.2) is 36.9 Å². The van der Waals surface area contributed by atoms with Crippen LogP contribution in [0.1, 0.15) is 18.5 Å². The van der Waals surface area contributed by atoms with Crippen molar-refractivity contribution < 1.29 is 9.18 Å². The van der Waals surface area contributed by atoms with E-state index in [1.54, 1.807) is 12.1 Å². The molecule has 1 atom stereocenters. The molecule has 0 aliphatic heterocycles. The largest absolute Gasteiger partial charge is 0.348 e. The van der Waals surface area contributed by atoms with E-state index in [1.807, 2.05) is 6.92 Å². The lowest BCUT2D eigenvalue weighted by atomic mass is 10.1. The molecule has 5 nitrogen and oxygen atoms in total. The Hall–Kier alpha value is -2.24. The number of halogens is 1. The molecule has 2 aromatic rings. The minimum Gasteiger partial charge on any atom is -0.348 e. The van der Waals surface area contributed by atoms with Gasteiger partial charge in [0.05, 0.1) is 6.04 Å². The quantitative estimate of drug-likeness (QED) is 0.887. The molecule has 1 heterocycles. The first-order chi connectivity index (χ1) is 8.65. The Morgan fingerprint density at radius 1 is 1.44 bits per heavy atom. The van der Waals surface area contributed by atoms with Crippen molar-refractivity contribution in [2.45, 2.75) is 19.5 Å². The molecule has 18 heavy (non-hydrogen) atoms. The summed E-state index contributed by atoms with van der Waals surface area (Å²) in [6.07, 6.45) is 2.85. The first-order valence-electron chi connectivity index (χ1n) is 5.52. The number of aromatic nitrogens is 3. The molecule has 0 fully saturated rings. The van der Waals surface area contributed by atoms with Gasteiger partial charge in [-0.25, -0.2) is 14.1 Å². The van der Waals surface area contributed by atoms with Gasteiger partial charge in [0.1, 0.15) is 25.0 Å². The summed E-state index contributed by atoms with van der Waals surface area (Å²) in [4.78, 5) is 15.4. The predicted octanol–water partition coefficient (Wildman–Crippen LogP) is 1.29. The molecule has 1 amide bonds. The zero-order chi connectivity index (χ0) is 13.0. The maximum Gasteiger partial charge on any atom is 0.242 e. The van der Waals surface area contributed by atoms with E-state index in [2.05, 4.69) is 15.4 Å². The molecular formula is C12H13FN4O. The molecule has 2 rings (SSSR count). The van der Waals surface area contributed by atoms with Gasteiger partial charge in [0.15, 0.2) is 0 Å². The van der Waals surface area contributed by atoms with Crippen molar-refractivity contribution in [1.82, 2.24) is 20.1 Å². The normalized spacial score (nSPS) is 12.1. The van der Waals surface area contributed by atoms with Gasteiger partial charge in [-0.1, -0.05) is 12.1 Å². The van der Waals surface area contributed by atoms with Crippen LogP contribution in [0.4, 0.5) is 4.39 Å². The molecule has 0 saturated heterocycles. The summed E-state index contributed by atoms with van der Waals surface area (Å²) < 4.78 is 14.2. The van der Waals surface area contributed by atoms with Crippen molar-refractivity contribution in [3.8, 4) is 0 Å². The van der Waals surface area contributed by atoms with Crippen LogP contribution in [0, 0.1) is 5.82 Å². The molecule has 1 aromatic heterocycles. The highest BCUT2D eigenvalue weighted by atomic mass is 19.1. The molecule has 0 bridgehead atoms. The van der Waals surface area contributed by atoms with Gasteiger partial charge in [0.25, 0.3) is 0 Å². The van der Waals surface area contributed by atoms with Crippen LogP contribution in [-0.2, 0) is 11.3 Å². The van der Waals surface area contributed by atoms with E-state index in [9.17, 15) is 9.18 Å². The Balaban J connectivity index is 1.92. The fourth-order valence-electron chi connectivity index (χ4n) is 1.58. The van der Waals surface area contributed by atoms with Gasteiger partial charge in [-0.05, 0) is 24.6 Å². The van der Waals surface area contributed by atoms with Gasteiger partial charge in [0.2, 0.25) is 5.91 Å². The van der Waals surface area contributed by atoms with Crippen molar-refractivity contribution in [3.63, 3.8) is 0 Å². The van der Waals surface area contributed by atoms with E-state index in [-0.39, 0.29) is 24.3 Å². The number of benzene rings is 1. The molecule has 0 radical (unpaired) electrons. The van der Waals surface area contributed by atoms with Gasteiger partial charge >= 0.3 is 0 Å². The topological polar surface area (TPSA) is 59.8 Å². The smallest absolute Gasteiger partial charge is 0.242 e. The van der Waals surface area contributed by atoms with Gasteiger partial charge in [-0.15, -0.1) is 0 Å². The predicted molar refractivity (Wildman–Crippen MR) is 63.0 cm³/mol. The van der Waals surface area contributed by atoms with Crippen molar-refractivity contribution >= 4 is 5.91 Å². The molecule has 0 saturated carbocycles. The summed E-state index contributed by atoms with van der Waals surface area (Å²) in [6.45, 7) is 1.96. The van der Waals surface area contributed by atoms with Crippen molar-refractivity contribution in [2.24, 2.45) is 0 Å². The van der Waals surface area contributed by atoms with E-state index in [1.165, 1.54) is 29.5 Å². The number of rotatable bonds is 4. The lowest BCUT2D eigenvalue weighted by Gasteiger charge is -2.14. The Kier molecular flexibility index (Phi) is 3.66. The standard InChI is InChI=1S/C12H13FN4O/c1-9(10-2-4-11(13)5-3-10)16-12(18)6-17-8-14-7-15-17/h2-5,7-9H,6H2,1H3,(H,16,18). The minimum absolute atomic E-state index is 0.117. The van der Waals surface area contributed by atoms with Gasteiger partial charge in [0, 0.05) is 0 Å².